The number of hydrogen-bond donors (Lipinski definition) is 2. The van der Waals surface area contributed by atoms with Gasteiger partial charge in [-0.2, -0.15) is 0 Å². The Labute approximate surface area is 79.8 Å². The van der Waals surface area contributed by atoms with Crippen molar-refractivity contribution < 1.29 is 15.0 Å². The number of hydrogen-bond acceptors (Lipinski definition) is 2. The first-order chi connectivity index (χ1) is 6.11. The van der Waals surface area contributed by atoms with Gasteiger partial charge in [0.25, 0.3) is 0 Å². The molecule has 0 aromatic rings. The van der Waals surface area contributed by atoms with E-state index in [1.807, 2.05) is 6.92 Å². The third-order valence-corrected chi connectivity index (χ3v) is 2.38. The summed E-state index contributed by atoms with van der Waals surface area (Å²) >= 11 is 0. The lowest BCUT2D eigenvalue weighted by molar-refractivity contribution is -0.140. The van der Waals surface area contributed by atoms with E-state index < -0.39 is 12.1 Å². The summed E-state index contributed by atoms with van der Waals surface area (Å²) in [5.74, 6) is -0.765. The summed E-state index contributed by atoms with van der Waals surface area (Å²) in [5.41, 5.74) is 0. The second kappa shape index (κ2) is 6.89. The minimum atomic E-state index is -0.914. The van der Waals surface area contributed by atoms with Gasteiger partial charge >= 0.3 is 5.97 Å². The molecule has 0 heterocycles. The molecule has 0 saturated heterocycles. The number of aliphatic hydroxyl groups is 1. The van der Waals surface area contributed by atoms with E-state index in [0.29, 0.717) is 0 Å². The zero-order valence-electron chi connectivity index (χ0n) is 8.49. The fourth-order valence-electron chi connectivity index (χ4n) is 1.48. The summed E-state index contributed by atoms with van der Waals surface area (Å²) in [7, 11) is 0. The molecule has 3 heteroatoms. The Hall–Kier alpha value is -0.570. The Morgan fingerprint density at radius 2 is 2.00 bits per heavy atom. The molecule has 3 nitrogen and oxygen atoms in total. The number of unbranched alkanes of at least 4 members (excludes halogenated alkanes) is 1. The topological polar surface area (TPSA) is 57.5 Å². The van der Waals surface area contributed by atoms with Gasteiger partial charge in [-0.05, 0) is 12.3 Å². The highest BCUT2D eigenvalue weighted by Crippen LogP contribution is 2.18. The second-order valence-corrected chi connectivity index (χ2v) is 3.48. The van der Waals surface area contributed by atoms with Crippen LogP contribution < -0.4 is 0 Å². The van der Waals surface area contributed by atoms with Crippen LogP contribution in [0.25, 0.3) is 0 Å². The van der Waals surface area contributed by atoms with Gasteiger partial charge in [0.15, 0.2) is 0 Å². The van der Waals surface area contributed by atoms with Gasteiger partial charge in [0, 0.05) is 0 Å². The predicted molar refractivity (Wildman–Crippen MR) is 51.6 cm³/mol. The van der Waals surface area contributed by atoms with E-state index in [-0.39, 0.29) is 12.3 Å². The molecule has 0 aliphatic heterocycles. The molecule has 0 bridgehead atoms. The summed E-state index contributed by atoms with van der Waals surface area (Å²) < 4.78 is 0. The first-order valence-corrected chi connectivity index (χ1v) is 5.01. The summed E-state index contributed by atoms with van der Waals surface area (Å²) in [6.07, 6.45) is 3.15. The molecule has 78 valence electrons. The van der Waals surface area contributed by atoms with Crippen LogP contribution in [-0.4, -0.2) is 22.3 Å². The third-order valence-electron chi connectivity index (χ3n) is 2.38. The van der Waals surface area contributed by atoms with Crippen molar-refractivity contribution in [3.8, 4) is 0 Å². The van der Waals surface area contributed by atoms with Crippen LogP contribution >= 0.6 is 0 Å². The fraction of sp³-hybridized carbons (Fsp3) is 0.900. The van der Waals surface area contributed by atoms with E-state index in [9.17, 15) is 9.90 Å². The molecule has 0 saturated carbocycles. The van der Waals surface area contributed by atoms with Crippen LogP contribution in [0.2, 0.25) is 0 Å². The quantitative estimate of drug-likeness (QED) is 0.642. The first-order valence-electron chi connectivity index (χ1n) is 5.01. The molecule has 0 fully saturated rings. The van der Waals surface area contributed by atoms with Crippen molar-refractivity contribution in [2.24, 2.45) is 5.92 Å². The van der Waals surface area contributed by atoms with Gasteiger partial charge in [0.05, 0.1) is 12.5 Å². The van der Waals surface area contributed by atoms with Crippen LogP contribution in [0, 0.1) is 5.92 Å². The molecule has 0 aromatic carbocycles. The summed E-state index contributed by atoms with van der Waals surface area (Å²) in [6.45, 7) is 4.09. The highest BCUT2D eigenvalue weighted by Gasteiger charge is 2.19. The van der Waals surface area contributed by atoms with Gasteiger partial charge in [-0.3, -0.25) is 4.79 Å². The maximum atomic E-state index is 10.3. The number of carboxylic acid groups (broad SMARTS) is 1. The molecule has 0 aliphatic carbocycles. The normalized spacial score (nSPS) is 15.3. The van der Waals surface area contributed by atoms with Crippen LogP contribution in [0.1, 0.15) is 46.0 Å². The standard InChI is InChI=1S/C10H20O3/c1-3-5-6-8(4-2)9(11)7-10(12)13/h8-9,11H,3-7H2,1-2H3,(H,12,13). The van der Waals surface area contributed by atoms with Crippen LogP contribution in [-0.2, 0) is 4.79 Å². The van der Waals surface area contributed by atoms with Crippen molar-refractivity contribution in [2.45, 2.75) is 52.1 Å². The minimum Gasteiger partial charge on any atom is -0.481 e. The van der Waals surface area contributed by atoms with E-state index >= 15 is 0 Å². The highest BCUT2D eigenvalue weighted by molar-refractivity contribution is 5.67. The summed E-state index contributed by atoms with van der Waals surface area (Å²) in [4.78, 5) is 10.3. The van der Waals surface area contributed by atoms with E-state index in [1.165, 1.54) is 0 Å². The molecule has 0 aliphatic rings. The molecule has 0 aromatic heterocycles. The number of aliphatic carboxylic acids is 1. The molecular formula is C10H20O3. The van der Waals surface area contributed by atoms with Gasteiger partial charge in [-0.1, -0.05) is 33.1 Å². The Bertz CT molecular complexity index is 145. The number of rotatable bonds is 7. The van der Waals surface area contributed by atoms with E-state index in [4.69, 9.17) is 5.11 Å². The van der Waals surface area contributed by atoms with Crippen molar-refractivity contribution in [2.75, 3.05) is 0 Å². The molecule has 0 radical (unpaired) electrons. The van der Waals surface area contributed by atoms with Gasteiger partial charge in [-0.25, -0.2) is 0 Å². The molecule has 0 spiro atoms. The van der Waals surface area contributed by atoms with Gasteiger partial charge in [0.2, 0.25) is 0 Å². The van der Waals surface area contributed by atoms with E-state index in [1.54, 1.807) is 0 Å². The number of carbonyl (C=O) groups is 1. The molecule has 13 heavy (non-hydrogen) atoms. The minimum absolute atomic E-state index is 0.123. The van der Waals surface area contributed by atoms with E-state index in [2.05, 4.69) is 6.92 Å². The van der Waals surface area contributed by atoms with Crippen LogP contribution in [0.5, 0.6) is 0 Å². The van der Waals surface area contributed by atoms with Crippen LogP contribution in [0.4, 0.5) is 0 Å². The molecular weight excluding hydrogens is 168 g/mol. The number of aliphatic hydroxyl groups excluding tert-OH is 1. The molecule has 2 unspecified atom stereocenters. The van der Waals surface area contributed by atoms with E-state index in [0.717, 1.165) is 25.7 Å². The Morgan fingerprint density at radius 1 is 1.38 bits per heavy atom. The Balaban J connectivity index is 3.83. The van der Waals surface area contributed by atoms with Crippen molar-refractivity contribution >= 4 is 5.97 Å². The second-order valence-electron chi connectivity index (χ2n) is 3.48. The van der Waals surface area contributed by atoms with Gasteiger partial charge in [0.1, 0.15) is 0 Å². The van der Waals surface area contributed by atoms with Crippen LogP contribution in [0.15, 0.2) is 0 Å². The predicted octanol–water partition coefficient (Wildman–Crippen LogP) is 2.04. The molecule has 0 amide bonds. The smallest absolute Gasteiger partial charge is 0.305 e. The average Bonchev–Trinajstić information content (AvgIpc) is 2.04. The maximum Gasteiger partial charge on any atom is 0.305 e. The lowest BCUT2D eigenvalue weighted by Crippen LogP contribution is -2.23. The Kier molecular flexibility index (Phi) is 6.59. The maximum absolute atomic E-state index is 10.3. The monoisotopic (exact) mass is 188 g/mol. The van der Waals surface area contributed by atoms with Crippen LogP contribution in [0.3, 0.4) is 0 Å². The highest BCUT2D eigenvalue weighted by atomic mass is 16.4. The largest absolute Gasteiger partial charge is 0.481 e. The average molecular weight is 188 g/mol. The third kappa shape index (κ3) is 5.64. The lowest BCUT2D eigenvalue weighted by Gasteiger charge is -2.19. The number of carboxylic acids is 1. The zero-order valence-corrected chi connectivity index (χ0v) is 8.49. The summed E-state index contributed by atoms with van der Waals surface area (Å²) in [6, 6.07) is 0. The molecule has 0 rings (SSSR count). The van der Waals surface area contributed by atoms with Crippen molar-refractivity contribution in [3.05, 3.63) is 0 Å². The molecule has 2 N–H and O–H groups in total. The molecule has 2 atom stereocenters. The van der Waals surface area contributed by atoms with Crippen molar-refractivity contribution in [1.82, 2.24) is 0 Å². The lowest BCUT2D eigenvalue weighted by atomic mass is 9.92. The summed E-state index contributed by atoms with van der Waals surface area (Å²) in [5, 5.41) is 18.0. The van der Waals surface area contributed by atoms with Gasteiger partial charge < -0.3 is 10.2 Å². The Morgan fingerprint density at radius 3 is 2.38 bits per heavy atom. The SMILES string of the molecule is CCCCC(CC)C(O)CC(=O)O. The van der Waals surface area contributed by atoms with Crippen molar-refractivity contribution in [1.29, 1.82) is 0 Å². The first kappa shape index (κ1) is 12.4. The zero-order chi connectivity index (χ0) is 10.3. The van der Waals surface area contributed by atoms with Gasteiger partial charge in [-0.15, -0.1) is 0 Å². The fourth-order valence-corrected chi connectivity index (χ4v) is 1.48. The van der Waals surface area contributed by atoms with Crippen molar-refractivity contribution in [3.63, 3.8) is 0 Å².